The van der Waals surface area contributed by atoms with Crippen molar-refractivity contribution in [2.45, 2.75) is 76.4 Å². The molecule has 0 saturated carbocycles. The number of aromatic nitrogens is 2. The number of cyclic esters (lactones) is 1. The molecule has 4 aromatic rings. The molecular weight excluding hydrogens is 1020 g/mol. The maximum atomic E-state index is 15.5. The third-order valence-corrected chi connectivity index (χ3v) is 14.1. The Morgan fingerprint density at radius 3 is 2.27 bits per heavy atom. The molecule has 3 aliphatic heterocycles. The van der Waals surface area contributed by atoms with Crippen molar-refractivity contribution in [3.05, 3.63) is 110 Å². The lowest BCUT2D eigenvalue weighted by molar-refractivity contribution is -0.172. The summed E-state index contributed by atoms with van der Waals surface area (Å²) in [6.45, 7) is -0.970. The fourth-order valence-electron chi connectivity index (χ4n) is 9.98. The number of hydrogen-bond donors (Lipinski definition) is 8. The first-order valence-electron chi connectivity index (χ1n) is 24.8. The number of nitrogens with zero attached hydrogens (tertiary/aromatic N) is 4. The van der Waals surface area contributed by atoms with E-state index in [4.69, 9.17) is 19.6 Å². The number of amides is 8. The average molecular weight is 1080 g/mol. The lowest BCUT2D eigenvalue weighted by Gasteiger charge is -2.35. The number of hydrogen-bond acceptors (Lipinski definition) is 16. The second kappa shape index (κ2) is 23.2. The number of esters is 1. The highest BCUT2D eigenvalue weighted by Crippen LogP contribution is 2.47. The molecule has 4 atom stereocenters. The summed E-state index contributed by atoms with van der Waals surface area (Å²) in [5, 5.41) is 35.4. The summed E-state index contributed by atoms with van der Waals surface area (Å²) in [4.78, 5) is 148. The number of carboxylic acids is 1. The summed E-state index contributed by atoms with van der Waals surface area (Å²) in [5.41, 5.74) is 1.71. The van der Waals surface area contributed by atoms with Gasteiger partial charge in [0.2, 0.25) is 35.4 Å². The monoisotopic (exact) mass is 1080 g/mol. The van der Waals surface area contributed by atoms with Crippen molar-refractivity contribution in [2.24, 2.45) is 0 Å². The maximum Gasteiger partial charge on any atom is 0.343 e. The number of aliphatic carboxylic acids is 1. The average Bonchev–Trinajstić information content (AvgIpc) is 4.06. The van der Waals surface area contributed by atoms with E-state index in [0.717, 1.165) is 12.2 Å². The van der Waals surface area contributed by atoms with E-state index in [1.54, 1.807) is 57.3 Å². The quantitative estimate of drug-likeness (QED) is 0.0163. The summed E-state index contributed by atoms with van der Waals surface area (Å²) in [5.74, 6) is -8.91. The van der Waals surface area contributed by atoms with Crippen LogP contribution in [0, 0.1) is 12.7 Å². The van der Waals surface area contributed by atoms with Crippen LogP contribution >= 0.6 is 0 Å². The third kappa shape index (κ3) is 11.4. The number of aliphatic hydroxyl groups is 1. The molecular formula is C52H55FN10O15. The number of nitrogens with one attached hydrogen (secondary N) is 6. The van der Waals surface area contributed by atoms with Gasteiger partial charge in [0.25, 0.3) is 17.4 Å². The zero-order chi connectivity index (χ0) is 56.2. The van der Waals surface area contributed by atoms with E-state index in [-0.39, 0.29) is 37.1 Å². The van der Waals surface area contributed by atoms with Gasteiger partial charge in [-0.15, -0.1) is 0 Å². The molecule has 8 N–H and O–H groups in total. The Morgan fingerprint density at radius 2 is 1.58 bits per heavy atom. The SMILES string of the molecule is CC[C@@]1(O)C(=O)OCc2c1cc1n(c2=O)Cc2c-1nc1cc(F)c(C)c3c1c2[C@@H](N(C)C(=O)COCNC(=O)CNC(=O)[C@H](Cc1ccccc1)NC(=O)CNC(=O)CNC(=O)C(CNCC(=O)O)N1C(=O)C=CC1=O)CC3. The highest BCUT2D eigenvalue weighted by molar-refractivity contribution is 6.15. The number of carbonyl (C=O) groups is 10. The van der Waals surface area contributed by atoms with Gasteiger partial charge in [-0.3, -0.25) is 52.8 Å². The largest absolute Gasteiger partial charge is 0.480 e. The Labute approximate surface area is 442 Å². The van der Waals surface area contributed by atoms with Crippen LogP contribution in [0.1, 0.15) is 64.8 Å². The number of benzene rings is 2. The molecule has 4 aliphatic rings. The second-order valence-corrected chi connectivity index (χ2v) is 18.9. The van der Waals surface area contributed by atoms with Crippen molar-refractivity contribution in [1.29, 1.82) is 0 Å². The molecule has 2 aromatic carbocycles. The van der Waals surface area contributed by atoms with Crippen molar-refractivity contribution < 1.29 is 72.0 Å². The molecule has 0 fully saturated rings. The molecule has 1 aliphatic carbocycles. The number of imide groups is 1. The number of rotatable bonds is 22. The standard InChI is InChI=1S/C52H55FN10O15/c1-4-52(76)31-15-36-47-29(22-62(36)50(74)30(31)23-78-51(52)75)46-35(11-10-28-26(2)32(53)16-33(60-47)45(28)46)61(3)43(69)24-77-25-58-39(65)19-56-48(72)34(14-27-8-6-5-7-9-27)59-40(66)20-55-38(64)18-57-49(73)37(17-54-21-44(70)71)63-41(67)12-13-42(63)68/h5-9,12-13,15-16,34-35,37,54,76H,4,10-11,14,17-25H2,1-3H3,(H,55,64)(H,56,72)(H,57,73)(H,58,65)(H,59,66)(H,70,71)/t34-,35-,37?,52-/m0/s1. The van der Waals surface area contributed by atoms with Crippen molar-refractivity contribution in [3.63, 3.8) is 0 Å². The number of fused-ring (bicyclic) bond motifs is 5. The van der Waals surface area contributed by atoms with Gasteiger partial charge in [-0.1, -0.05) is 37.3 Å². The Morgan fingerprint density at radius 1 is 0.897 bits per heavy atom. The van der Waals surface area contributed by atoms with Gasteiger partial charge in [0.05, 0.1) is 61.2 Å². The maximum absolute atomic E-state index is 15.5. The summed E-state index contributed by atoms with van der Waals surface area (Å²) in [7, 11) is 1.58. The van der Waals surface area contributed by atoms with Gasteiger partial charge in [0.1, 0.15) is 37.8 Å². The van der Waals surface area contributed by atoms with E-state index in [2.05, 4.69) is 31.9 Å². The Bertz CT molecular complexity index is 3260. The smallest absolute Gasteiger partial charge is 0.343 e. The number of halogens is 1. The summed E-state index contributed by atoms with van der Waals surface area (Å²) >= 11 is 0. The van der Waals surface area contributed by atoms with Gasteiger partial charge < -0.3 is 61.1 Å². The van der Waals surface area contributed by atoms with E-state index in [1.165, 1.54) is 15.5 Å². The first-order valence-corrected chi connectivity index (χ1v) is 24.8. The van der Waals surface area contributed by atoms with Crippen LogP contribution < -0.4 is 37.5 Å². The lowest BCUT2D eigenvalue weighted by Crippen LogP contribution is -2.56. The molecule has 25 nitrogen and oxygen atoms in total. The summed E-state index contributed by atoms with van der Waals surface area (Å²) in [6, 6.07) is 8.06. The molecule has 26 heteroatoms. The molecule has 0 saturated heterocycles. The third-order valence-electron chi connectivity index (χ3n) is 14.1. The normalized spacial score (nSPS) is 17.5. The van der Waals surface area contributed by atoms with E-state index in [1.807, 2.05) is 0 Å². The molecule has 1 unspecified atom stereocenters. The van der Waals surface area contributed by atoms with Gasteiger partial charge in [-0.25, -0.2) is 14.2 Å². The van der Waals surface area contributed by atoms with E-state index < -0.39 is 140 Å². The van der Waals surface area contributed by atoms with Gasteiger partial charge in [-0.2, -0.15) is 0 Å². The Balaban J connectivity index is 0.848. The van der Waals surface area contributed by atoms with Crippen LogP contribution in [-0.2, 0) is 89.0 Å². The molecule has 410 valence electrons. The van der Waals surface area contributed by atoms with Crippen molar-refractivity contribution >= 4 is 70.1 Å². The minimum atomic E-state index is -2.07. The molecule has 0 bridgehead atoms. The molecule has 2 aromatic heterocycles. The second-order valence-electron chi connectivity index (χ2n) is 18.9. The minimum Gasteiger partial charge on any atom is -0.480 e. The van der Waals surface area contributed by atoms with Crippen molar-refractivity contribution in [2.75, 3.05) is 53.1 Å². The number of pyridine rings is 2. The topological polar surface area (TPSA) is 343 Å². The summed E-state index contributed by atoms with van der Waals surface area (Å²) in [6.07, 6.45) is 2.53. The van der Waals surface area contributed by atoms with Crippen molar-refractivity contribution in [1.82, 2.24) is 51.3 Å². The number of carboxylic acid groups (broad SMARTS) is 1. The van der Waals surface area contributed by atoms with Crippen LogP contribution in [-0.4, -0.2) is 154 Å². The van der Waals surface area contributed by atoms with Crippen LogP contribution in [0.4, 0.5) is 4.39 Å². The molecule has 0 spiro atoms. The Hall–Kier alpha value is -8.75. The van der Waals surface area contributed by atoms with Gasteiger partial charge in [-0.05, 0) is 54.5 Å². The van der Waals surface area contributed by atoms with E-state index >= 15 is 4.39 Å². The summed E-state index contributed by atoms with van der Waals surface area (Å²) < 4.78 is 27.7. The van der Waals surface area contributed by atoms with Gasteiger partial charge in [0.15, 0.2) is 5.60 Å². The van der Waals surface area contributed by atoms with E-state index in [9.17, 15) is 57.8 Å². The van der Waals surface area contributed by atoms with Crippen LogP contribution in [0.25, 0.3) is 22.3 Å². The predicted octanol–water partition coefficient (Wildman–Crippen LogP) is -1.89. The number of carbonyl (C=O) groups excluding carboxylic acids is 9. The van der Waals surface area contributed by atoms with Crippen LogP contribution in [0.15, 0.2) is 59.4 Å². The first-order chi connectivity index (χ1) is 37.2. The fourth-order valence-corrected chi connectivity index (χ4v) is 9.98. The fraction of sp³-hybridized carbons (Fsp3) is 0.385. The van der Waals surface area contributed by atoms with Crippen LogP contribution in [0.5, 0.6) is 0 Å². The molecule has 78 heavy (non-hydrogen) atoms. The molecule has 0 radical (unpaired) electrons. The predicted molar refractivity (Wildman–Crippen MR) is 268 cm³/mol. The number of aryl methyl sites for hydroxylation is 1. The van der Waals surface area contributed by atoms with Gasteiger partial charge >= 0.3 is 11.9 Å². The van der Waals surface area contributed by atoms with E-state index in [0.29, 0.717) is 67.8 Å². The number of likely N-dealkylation sites (N-methyl/N-ethyl adjacent to an activating group) is 1. The molecule has 8 amide bonds. The Kier molecular flexibility index (Phi) is 16.5. The highest BCUT2D eigenvalue weighted by atomic mass is 19.1. The van der Waals surface area contributed by atoms with Gasteiger partial charge in [0, 0.05) is 54.7 Å². The number of ether oxygens (including phenoxy) is 2. The highest BCUT2D eigenvalue weighted by Gasteiger charge is 2.46. The minimum absolute atomic E-state index is 0.0338. The molecule has 8 rings (SSSR count). The lowest BCUT2D eigenvalue weighted by atomic mass is 9.81. The zero-order valence-corrected chi connectivity index (χ0v) is 42.5. The van der Waals surface area contributed by atoms with Crippen LogP contribution in [0.2, 0.25) is 0 Å². The zero-order valence-electron chi connectivity index (χ0n) is 42.5. The molecule has 5 heterocycles. The first kappa shape index (κ1) is 55.5. The van der Waals surface area contributed by atoms with Crippen LogP contribution in [0.3, 0.4) is 0 Å². The van der Waals surface area contributed by atoms with Crippen molar-refractivity contribution in [3.8, 4) is 11.4 Å².